The molecule has 1 saturated heterocycles. The Morgan fingerprint density at radius 2 is 1.95 bits per heavy atom. The topological polar surface area (TPSA) is 61.4 Å². The zero-order chi connectivity index (χ0) is 14.5. The van der Waals surface area contributed by atoms with Gasteiger partial charge in [0.2, 0.25) is 11.8 Å². The molecule has 0 spiro atoms. The summed E-state index contributed by atoms with van der Waals surface area (Å²) in [4.78, 5) is 25.7. The monoisotopic (exact) mass is 269 g/mol. The standard InChI is InChI=1S/C14H27N3O2/c1-5-17-8-6-7-11(17)9-15-12(18)10-16-13(19)14(2,3)4/h11H,5-10H2,1-4H3,(H,15,18)(H,16,19). The van der Waals surface area contributed by atoms with E-state index in [-0.39, 0.29) is 18.4 Å². The lowest BCUT2D eigenvalue weighted by atomic mass is 9.96. The third kappa shape index (κ3) is 5.19. The number of likely N-dealkylation sites (tertiary alicyclic amines) is 1. The molecule has 2 N–H and O–H groups in total. The van der Waals surface area contributed by atoms with Crippen LogP contribution in [0.2, 0.25) is 0 Å². The predicted octanol–water partition coefficient (Wildman–Crippen LogP) is 0.749. The first kappa shape index (κ1) is 16.0. The maximum Gasteiger partial charge on any atom is 0.239 e. The molecule has 1 fully saturated rings. The van der Waals surface area contributed by atoms with E-state index in [4.69, 9.17) is 0 Å². The zero-order valence-electron chi connectivity index (χ0n) is 12.6. The normalized spacial score (nSPS) is 20.3. The lowest BCUT2D eigenvalue weighted by molar-refractivity contribution is -0.131. The number of likely N-dealkylation sites (N-methyl/N-ethyl adjacent to an activating group) is 1. The van der Waals surface area contributed by atoms with Crippen LogP contribution < -0.4 is 10.6 Å². The smallest absolute Gasteiger partial charge is 0.239 e. The van der Waals surface area contributed by atoms with Crippen molar-refractivity contribution in [3.8, 4) is 0 Å². The molecule has 0 aromatic rings. The van der Waals surface area contributed by atoms with Crippen molar-refractivity contribution in [1.29, 1.82) is 0 Å². The molecule has 0 bridgehead atoms. The van der Waals surface area contributed by atoms with Crippen molar-refractivity contribution >= 4 is 11.8 Å². The van der Waals surface area contributed by atoms with Gasteiger partial charge in [-0.15, -0.1) is 0 Å². The predicted molar refractivity (Wildman–Crippen MR) is 75.7 cm³/mol. The summed E-state index contributed by atoms with van der Waals surface area (Å²) in [6.07, 6.45) is 2.34. The summed E-state index contributed by atoms with van der Waals surface area (Å²) in [6, 6.07) is 0.451. The quantitative estimate of drug-likeness (QED) is 0.774. The van der Waals surface area contributed by atoms with Gasteiger partial charge in [-0.25, -0.2) is 0 Å². The minimum Gasteiger partial charge on any atom is -0.353 e. The molecule has 1 rings (SSSR count). The highest BCUT2D eigenvalue weighted by Gasteiger charge is 2.24. The summed E-state index contributed by atoms with van der Waals surface area (Å²) in [7, 11) is 0. The Morgan fingerprint density at radius 3 is 2.53 bits per heavy atom. The van der Waals surface area contributed by atoms with Crippen LogP contribution in [-0.2, 0) is 9.59 Å². The number of amides is 2. The summed E-state index contributed by atoms with van der Waals surface area (Å²) in [5, 5.41) is 5.56. The van der Waals surface area contributed by atoms with Crippen molar-refractivity contribution < 1.29 is 9.59 Å². The van der Waals surface area contributed by atoms with Crippen LogP contribution in [0.15, 0.2) is 0 Å². The molecule has 0 aliphatic carbocycles. The van der Waals surface area contributed by atoms with E-state index in [0.717, 1.165) is 19.5 Å². The molecule has 2 amide bonds. The summed E-state index contributed by atoms with van der Waals surface area (Å²) >= 11 is 0. The second-order valence-electron chi connectivity index (χ2n) is 6.16. The van der Waals surface area contributed by atoms with E-state index in [1.807, 2.05) is 20.8 Å². The molecular weight excluding hydrogens is 242 g/mol. The highest BCUT2D eigenvalue weighted by molar-refractivity contribution is 5.87. The molecule has 0 aromatic heterocycles. The fourth-order valence-electron chi connectivity index (χ4n) is 2.26. The van der Waals surface area contributed by atoms with Crippen molar-refractivity contribution in [2.45, 2.75) is 46.6 Å². The second-order valence-corrected chi connectivity index (χ2v) is 6.16. The second kappa shape index (κ2) is 6.89. The highest BCUT2D eigenvalue weighted by Crippen LogP contribution is 2.15. The number of carbonyl (C=O) groups excluding carboxylic acids is 2. The highest BCUT2D eigenvalue weighted by atomic mass is 16.2. The lowest BCUT2D eigenvalue weighted by Crippen LogP contribution is -2.45. The molecular formula is C14H27N3O2. The van der Waals surface area contributed by atoms with Gasteiger partial charge in [0.15, 0.2) is 0 Å². The van der Waals surface area contributed by atoms with Crippen molar-refractivity contribution in [3.63, 3.8) is 0 Å². The summed E-state index contributed by atoms with van der Waals surface area (Å²) in [5.41, 5.74) is -0.454. The van der Waals surface area contributed by atoms with E-state index in [9.17, 15) is 9.59 Å². The Balaban J connectivity index is 2.23. The van der Waals surface area contributed by atoms with Crippen LogP contribution >= 0.6 is 0 Å². The first-order valence-electron chi connectivity index (χ1n) is 7.13. The average molecular weight is 269 g/mol. The van der Waals surface area contributed by atoms with Gasteiger partial charge in [-0.05, 0) is 25.9 Å². The Kier molecular flexibility index (Phi) is 5.79. The van der Waals surface area contributed by atoms with Crippen LogP contribution in [0.25, 0.3) is 0 Å². The number of rotatable bonds is 5. The number of nitrogens with one attached hydrogen (secondary N) is 2. The van der Waals surface area contributed by atoms with Crippen LogP contribution in [0.5, 0.6) is 0 Å². The van der Waals surface area contributed by atoms with Crippen molar-refractivity contribution in [1.82, 2.24) is 15.5 Å². The van der Waals surface area contributed by atoms with Gasteiger partial charge in [0.1, 0.15) is 0 Å². The molecule has 1 unspecified atom stereocenters. The summed E-state index contributed by atoms with van der Waals surface area (Å²) in [6.45, 7) is 10.5. The van der Waals surface area contributed by atoms with Crippen LogP contribution in [0.3, 0.4) is 0 Å². The van der Waals surface area contributed by atoms with Crippen molar-refractivity contribution in [2.24, 2.45) is 5.41 Å². The van der Waals surface area contributed by atoms with E-state index >= 15 is 0 Å². The molecule has 5 heteroatoms. The van der Waals surface area contributed by atoms with Crippen molar-refractivity contribution in [2.75, 3.05) is 26.2 Å². The number of nitrogens with zero attached hydrogens (tertiary/aromatic N) is 1. The first-order valence-corrected chi connectivity index (χ1v) is 7.13. The van der Waals surface area contributed by atoms with Gasteiger partial charge in [-0.3, -0.25) is 14.5 Å². The van der Waals surface area contributed by atoms with E-state index in [1.54, 1.807) is 0 Å². The molecule has 0 radical (unpaired) electrons. The SMILES string of the molecule is CCN1CCCC1CNC(=O)CNC(=O)C(C)(C)C. The van der Waals surface area contributed by atoms with Gasteiger partial charge in [-0.1, -0.05) is 27.7 Å². The van der Waals surface area contributed by atoms with Crippen LogP contribution in [0, 0.1) is 5.41 Å². The van der Waals surface area contributed by atoms with Crippen molar-refractivity contribution in [3.05, 3.63) is 0 Å². The fraction of sp³-hybridized carbons (Fsp3) is 0.857. The minimum absolute atomic E-state index is 0.0644. The Labute approximate surface area is 116 Å². The van der Waals surface area contributed by atoms with Gasteiger partial charge in [-0.2, -0.15) is 0 Å². The van der Waals surface area contributed by atoms with Crippen LogP contribution in [0.4, 0.5) is 0 Å². The number of hydrogen-bond acceptors (Lipinski definition) is 3. The summed E-state index contributed by atoms with van der Waals surface area (Å²) < 4.78 is 0. The minimum atomic E-state index is -0.454. The third-order valence-electron chi connectivity index (χ3n) is 3.53. The number of carbonyl (C=O) groups is 2. The first-order chi connectivity index (χ1) is 8.84. The van der Waals surface area contributed by atoms with Gasteiger partial charge >= 0.3 is 0 Å². The summed E-state index contributed by atoms with van der Waals surface area (Å²) in [5.74, 6) is -0.209. The maximum absolute atomic E-state index is 11.7. The third-order valence-corrected chi connectivity index (χ3v) is 3.53. The van der Waals surface area contributed by atoms with Gasteiger partial charge in [0, 0.05) is 18.0 Å². The molecule has 0 aromatic carbocycles. The van der Waals surface area contributed by atoms with E-state index in [0.29, 0.717) is 12.6 Å². The van der Waals surface area contributed by atoms with Gasteiger partial charge < -0.3 is 10.6 Å². The Morgan fingerprint density at radius 1 is 1.26 bits per heavy atom. The molecule has 5 nitrogen and oxygen atoms in total. The lowest BCUT2D eigenvalue weighted by Gasteiger charge is -2.23. The van der Waals surface area contributed by atoms with E-state index in [1.165, 1.54) is 6.42 Å². The molecule has 1 heterocycles. The van der Waals surface area contributed by atoms with Gasteiger partial charge in [0.05, 0.1) is 6.54 Å². The van der Waals surface area contributed by atoms with Crippen LogP contribution in [-0.4, -0.2) is 48.9 Å². The Hall–Kier alpha value is -1.10. The fourth-order valence-corrected chi connectivity index (χ4v) is 2.26. The molecule has 1 aliphatic rings. The molecule has 1 aliphatic heterocycles. The van der Waals surface area contributed by atoms with Crippen LogP contribution in [0.1, 0.15) is 40.5 Å². The number of hydrogen-bond donors (Lipinski definition) is 2. The maximum atomic E-state index is 11.7. The molecule has 0 saturated carbocycles. The van der Waals surface area contributed by atoms with E-state index < -0.39 is 5.41 Å². The van der Waals surface area contributed by atoms with Gasteiger partial charge in [0.25, 0.3) is 0 Å². The largest absolute Gasteiger partial charge is 0.353 e. The Bertz CT molecular complexity index is 323. The molecule has 19 heavy (non-hydrogen) atoms. The van der Waals surface area contributed by atoms with E-state index in [2.05, 4.69) is 22.5 Å². The molecule has 1 atom stereocenters. The average Bonchev–Trinajstić information content (AvgIpc) is 2.79. The molecule has 110 valence electrons. The zero-order valence-corrected chi connectivity index (χ0v) is 12.6.